The number of hydrogen-bond acceptors (Lipinski definition) is 4. The maximum absolute atomic E-state index is 7.33. The zero-order valence-corrected chi connectivity index (χ0v) is 5.07. The van der Waals surface area contributed by atoms with Gasteiger partial charge < -0.3 is 19.2 Å². The Hall–Kier alpha value is 1.80. The van der Waals surface area contributed by atoms with E-state index in [9.17, 15) is 0 Å². The molecule has 0 aliphatic rings. The van der Waals surface area contributed by atoms with E-state index >= 15 is 0 Å². The van der Waals surface area contributed by atoms with Crippen LogP contribution in [-0.2, 0) is 22.4 Å². The molecule has 0 amide bonds. The van der Waals surface area contributed by atoms with Gasteiger partial charge in [-0.1, -0.05) is 0 Å². The third-order valence-electron chi connectivity index (χ3n) is 0. The Labute approximate surface area is 79.5 Å². The Balaban J connectivity index is -0.0000000800. The predicted octanol–water partition coefficient (Wildman–Crippen LogP) is -3.26. The van der Waals surface area contributed by atoms with Crippen molar-refractivity contribution in [1.82, 2.24) is 0 Å². The van der Waals surface area contributed by atoms with E-state index in [4.69, 9.17) is 19.2 Å². The second-order valence-electron chi connectivity index (χ2n) is 0.600. The van der Waals surface area contributed by atoms with Gasteiger partial charge in [-0.3, -0.25) is 0 Å². The van der Waals surface area contributed by atoms with Crippen LogP contribution in [0.2, 0.25) is 0 Å². The third kappa shape index (κ3) is 81.1. The molecular formula is H5AgNaO4Si. The van der Waals surface area contributed by atoms with E-state index in [1.54, 1.807) is 0 Å². The first-order valence-corrected chi connectivity index (χ1v) is 2.68. The Kier molecular flexibility index (Phi) is 13.5. The molecule has 7 heteroatoms. The minimum atomic E-state index is -4.61. The molecule has 1 radical (unpaired) electrons. The van der Waals surface area contributed by atoms with Gasteiger partial charge >= 0.3 is 38.6 Å². The van der Waals surface area contributed by atoms with Crippen molar-refractivity contribution < 1.29 is 41.6 Å². The van der Waals surface area contributed by atoms with Crippen LogP contribution >= 0.6 is 0 Å². The fourth-order valence-electron chi connectivity index (χ4n) is 0. The van der Waals surface area contributed by atoms with Gasteiger partial charge in [0, 0.05) is 22.4 Å². The van der Waals surface area contributed by atoms with Gasteiger partial charge in [0.2, 0.25) is 0 Å². The van der Waals surface area contributed by atoms with Crippen LogP contribution in [0.1, 0.15) is 0 Å². The summed E-state index contributed by atoms with van der Waals surface area (Å²) in [6.45, 7) is 0. The molecule has 0 aromatic carbocycles. The van der Waals surface area contributed by atoms with Gasteiger partial charge in [-0.2, -0.15) is 0 Å². The van der Waals surface area contributed by atoms with E-state index in [1.807, 2.05) is 0 Å². The average Bonchev–Trinajstić information content (AvgIpc) is 0.722. The van der Waals surface area contributed by atoms with Crippen molar-refractivity contribution in [2.24, 2.45) is 0 Å². The Morgan fingerprint density at radius 1 is 0.857 bits per heavy atom. The van der Waals surface area contributed by atoms with Crippen molar-refractivity contribution in [2.75, 3.05) is 0 Å². The molecule has 0 aromatic heterocycles. The summed E-state index contributed by atoms with van der Waals surface area (Å²) in [6.07, 6.45) is 0. The summed E-state index contributed by atoms with van der Waals surface area (Å²) >= 11 is 0. The molecule has 4 nitrogen and oxygen atoms in total. The molecule has 0 aromatic rings. The molecule has 0 spiro atoms. The molecule has 0 unspecified atom stereocenters. The molecular weight excluding hydrogens is 223 g/mol. The summed E-state index contributed by atoms with van der Waals surface area (Å²) in [5.41, 5.74) is 0. The van der Waals surface area contributed by atoms with Crippen molar-refractivity contribution >= 4 is 38.6 Å². The molecule has 0 heterocycles. The van der Waals surface area contributed by atoms with Gasteiger partial charge in [-0.25, -0.2) is 0 Å². The van der Waals surface area contributed by atoms with Crippen LogP contribution in [0.5, 0.6) is 0 Å². The van der Waals surface area contributed by atoms with Crippen LogP contribution in [0.25, 0.3) is 0 Å². The summed E-state index contributed by atoms with van der Waals surface area (Å²) < 4.78 is 0. The first-order valence-electron chi connectivity index (χ1n) is 0.894. The molecule has 45 valence electrons. The normalized spacial score (nSPS) is 8.57. The Bertz CT molecular complexity index is 27.2. The zero-order valence-electron chi connectivity index (χ0n) is 2.59. The molecule has 0 aliphatic heterocycles. The third-order valence-corrected chi connectivity index (χ3v) is 0. The molecule has 0 atom stereocenters. The van der Waals surface area contributed by atoms with Crippen molar-refractivity contribution in [2.45, 2.75) is 0 Å². The maximum atomic E-state index is 7.33. The van der Waals surface area contributed by atoms with Gasteiger partial charge in [0.15, 0.2) is 0 Å². The van der Waals surface area contributed by atoms with Crippen LogP contribution in [-0.4, -0.2) is 57.8 Å². The van der Waals surface area contributed by atoms with E-state index in [0.717, 1.165) is 0 Å². The van der Waals surface area contributed by atoms with Crippen molar-refractivity contribution in [1.29, 1.82) is 0 Å². The molecule has 0 aliphatic carbocycles. The summed E-state index contributed by atoms with van der Waals surface area (Å²) in [5, 5.41) is 0. The second kappa shape index (κ2) is 5.93. The Morgan fingerprint density at radius 3 is 0.857 bits per heavy atom. The number of rotatable bonds is 0. The molecule has 0 saturated carbocycles. The van der Waals surface area contributed by atoms with Crippen molar-refractivity contribution in [3.8, 4) is 0 Å². The van der Waals surface area contributed by atoms with Crippen molar-refractivity contribution in [3.05, 3.63) is 0 Å². The first kappa shape index (κ1) is 15.9. The minimum absolute atomic E-state index is 0. The number of hydrogen-bond donors (Lipinski definition) is 4. The van der Waals surface area contributed by atoms with Gasteiger partial charge in [-0.05, 0) is 0 Å². The fourth-order valence-corrected chi connectivity index (χ4v) is 0. The van der Waals surface area contributed by atoms with E-state index in [0.29, 0.717) is 0 Å². The van der Waals surface area contributed by atoms with Gasteiger partial charge in [0.05, 0.1) is 0 Å². The molecule has 4 N–H and O–H groups in total. The average molecular weight is 228 g/mol. The zero-order chi connectivity index (χ0) is 4.50. The topological polar surface area (TPSA) is 80.9 Å². The summed E-state index contributed by atoms with van der Waals surface area (Å²) in [7, 11) is -4.61. The first-order chi connectivity index (χ1) is 2.00. The van der Waals surface area contributed by atoms with Gasteiger partial charge in [-0.15, -0.1) is 0 Å². The molecule has 0 saturated heterocycles. The Morgan fingerprint density at radius 2 is 0.857 bits per heavy atom. The van der Waals surface area contributed by atoms with Crippen LogP contribution < -0.4 is 0 Å². The molecule has 0 fully saturated rings. The monoisotopic (exact) mass is 227 g/mol. The summed E-state index contributed by atoms with van der Waals surface area (Å²) in [4.78, 5) is 29.3. The molecule has 0 rings (SSSR count). The molecule has 7 heavy (non-hydrogen) atoms. The summed E-state index contributed by atoms with van der Waals surface area (Å²) in [6, 6.07) is 0. The van der Waals surface area contributed by atoms with Crippen LogP contribution in [0.3, 0.4) is 0 Å². The van der Waals surface area contributed by atoms with E-state index in [1.165, 1.54) is 0 Å². The van der Waals surface area contributed by atoms with E-state index < -0.39 is 9.05 Å². The van der Waals surface area contributed by atoms with E-state index in [-0.39, 0.29) is 51.9 Å². The van der Waals surface area contributed by atoms with Crippen LogP contribution in [0, 0.1) is 0 Å². The summed E-state index contributed by atoms with van der Waals surface area (Å²) in [5.74, 6) is 0. The van der Waals surface area contributed by atoms with Gasteiger partial charge in [0.1, 0.15) is 0 Å². The van der Waals surface area contributed by atoms with Crippen LogP contribution in [0.15, 0.2) is 0 Å². The van der Waals surface area contributed by atoms with E-state index in [2.05, 4.69) is 0 Å². The second-order valence-corrected chi connectivity index (χ2v) is 1.80. The predicted molar refractivity (Wildman–Crippen MR) is 21.8 cm³/mol. The van der Waals surface area contributed by atoms with Crippen molar-refractivity contribution in [3.63, 3.8) is 0 Å². The molecule has 0 bridgehead atoms. The standard InChI is InChI=1S/Ag.Na.H4O4Si.H/c;;1-5(2,3)4;/h;;1-4H;. The fraction of sp³-hybridized carbons (Fsp3) is 0. The SMILES string of the molecule is O[Si](O)(O)O.[Ag].[NaH]. The van der Waals surface area contributed by atoms with Crippen LogP contribution in [0.4, 0.5) is 0 Å². The quantitative estimate of drug-likeness (QED) is 0.328. The van der Waals surface area contributed by atoms with Gasteiger partial charge in [0.25, 0.3) is 0 Å².